The molecule has 1 aromatic heterocycles. The highest BCUT2D eigenvalue weighted by Crippen LogP contribution is 2.12. The molecule has 27 heavy (non-hydrogen) atoms. The van der Waals surface area contributed by atoms with E-state index in [1.165, 1.54) is 6.07 Å². The third-order valence-corrected chi connectivity index (χ3v) is 4.01. The number of aliphatic carboxylic acids is 1. The third kappa shape index (κ3) is 6.58. The fourth-order valence-corrected chi connectivity index (χ4v) is 2.52. The largest absolute Gasteiger partial charge is 0.480 e. The first-order valence-electron chi connectivity index (χ1n) is 8.89. The van der Waals surface area contributed by atoms with Gasteiger partial charge in [0.05, 0.1) is 6.33 Å². The van der Waals surface area contributed by atoms with Gasteiger partial charge in [-0.1, -0.05) is 25.8 Å². The molecule has 2 aromatic rings. The maximum absolute atomic E-state index is 12.3. The first kappa shape index (κ1) is 20.2. The van der Waals surface area contributed by atoms with E-state index in [-0.39, 0.29) is 12.3 Å². The van der Waals surface area contributed by atoms with Gasteiger partial charge in [0.15, 0.2) is 0 Å². The highest BCUT2D eigenvalue weighted by Gasteiger charge is 2.20. The van der Waals surface area contributed by atoms with Crippen LogP contribution < -0.4 is 10.6 Å². The van der Waals surface area contributed by atoms with Crippen molar-refractivity contribution in [3.63, 3.8) is 0 Å². The minimum atomic E-state index is -1.05. The number of hydrogen-bond acceptors (Lipinski definition) is 4. The van der Waals surface area contributed by atoms with Crippen molar-refractivity contribution in [3.8, 4) is 0 Å². The SMILES string of the molecule is CCCCC(NC(=O)c1cccc(NC(=O)CCn2ccnc2)c1)C(=O)O. The molecule has 0 fully saturated rings. The van der Waals surface area contributed by atoms with Crippen LogP contribution in [0.25, 0.3) is 0 Å². The molecule has 2 amide bonds. The van der Waals surface area contributed by atoms with Gasteiger partial charge in [-0.25, -0.2) is 9.78 Å². The molecule has 0 spiro atoms. The number of imidazole rings is 1. The molecule has 1 unspecified atom stereocenters. The first-order chi connectivity index (χ1) is 13.0. The van der Waals surface area contributed by atoms with Crippen molar-refractivity contribution < 1.29 is 19.5 Å². The van der Waals surface area contributed by atoms with Crippen LogP contribution in [0.2, 0.25) is 0 Å². The van der Waals surface area contributed by atoms with Crippen LogP contribution >= 0.6 is 0 Å². The average molecular weight is 372 g/mol. The van der Waals surface area contributed by atoms with Crippen molar-refractivity contribution in [3.05, 3.63) is 48.5 Å². The number of amides is 2. The summed E-state index contributed by atoms with van der Waals surface area (Å²) in [6, 6.07) is 5.50. The maximum atomic E-state index is 12.3. The fourth-order valence-electron chi connectivity index (χ4n) is 2.52. The summed E-state index contributed by atoms with van der Waals surface area (Å²) in [6.07, 6.45) is 7.26. The summed E-state index contributed by atoms with van der Waals surface area (Å²) in [6.45, 7) is 2.46. The molecular weight excluding hydrogens is 348 g/mol. The van der Waals surface area contributed by atoms with Crippen LogP contribution in [0.4, 0.5) is 5.69 Å². The summed E-state index contributed by atoms with van der Waals surface area (Å²) in [5.41, 5.74) is 0.781. The molecule has 0 aliphatic rings. The zero-order chi connectivity index (χ0) is 19.6. The molecule has 3 N–H and O–H groups in total. The predicted octanol–water partition coefficient (Wildman–Crippen LogP) is 2.29. The smallest absolute Gasteiger partial charge is 0.326 e. The van der Waals surface area contributed by atoms with Crippen LogP contribution in [0, 0.1) is 0 Å². The molecule has 8 heteroatoms. The van der Waals surface area contributed by atoms with Crippen LogP contribution in [0.1, 0.15) is 43.0 Å². The van der Waals surface area contributed by atoms with Gasteiger partial charge >= 0.3 is 5.97 Å². The third-order valence-electron chi connectivity index (χ3n) is 4.01. The number of carbonyl (C=O) groups is 3. The number of aromatic nitrogens is 2. The van der Waals surface area contributed by atoms with Crippen LogP contribution in [0.15, 0.2) is 43.0 Å². The molecular formula is C19H24N4O4. The van der Waals surface area contributed by atoms with Crippen LogP contribution in [0.5, 0.6) is 0 Å². The van der Waals surface area contributed by atoms with Gasteiger partial charge in [-0.05, 0) is 24.6 Å². The van der Waals surface area contributed by atoms with E-state index in [4.69, 9.17) is 0 Å². The zero-order valence-electron chi connectivity index (χ0n) is 15.2. The lowest BCUT2D eigenvalue weighted by molar-refractivity contribution is -0.139. The Kier molecular flexibility index (Phi) is 7.54. The van der Waals surface area contributed by atoms with Crippen LogP contribution in [-0.2, 0) is 16.1 Å². The summed E-state index contributed by atoms with van der Waals surface area (Å²) in [4.78, 5) is 39.6. The summed E-state index contributed by atoms with van der Waals surface area (Å²) >= 11 is 0. The number of nitrogens with one attached hydrogen (secondary N) is 2. The van der Waals surface area contributed by atoms with E-state index in [1.54, 1.807) is 41.5 Å². The lowest BCUT2D eigenvalue weighted by atomic mass is 10.1. The molecule has 1 heterocycles. The molecule has 0 bridgehead atoms. The van der Waals surface area contributed by atoms with Gasteiger partial charge in [0.2, 0.25) is 5.91 Å². The average Bonchev–Trinajstić information content (AvgIpc) is 3.17. The molecule has 0 saturated heterocycles. The van der Waals surface area contributed by atoms with Gasteiger partial charge in [0, 0.05) is 36.6 Å². The van der Waals surface area contributed by atoms with Crippen molar-refractivity contribution in [2.45, 2.75) is 45.2 Å². The number of rotatable bonds is 10. The molecule has 8 nitrogen and oxygen atoms in total. The number of benzene rings is 1. The predicted molar refractivity (Wildman–Crippen MR) is 100 cm³/mol. The number of anilines is 1. The highest BCUT2D eigenvalue weighted by atomic mass is 16.4. The first-order valence-corrected chi connectivity index (χ1v) is 8.89. The van der Waals surface area contributed by atoms with Gasteiger partial charge < -0.3 is 20.3 Å². The lowest BCUT2D eigenvalue weighted by Crippen LogP contribution is -2.40. The Morgan fingerprint density at radius 2 is 2.11 bits per heavy atom. The molecule has 2 rings (SSSR count). The van der Waals surface area contributed by atoms with Crippen molar-refractivity contribution >= 4 is 23.5 Å². The number of carboxylic acids is 1. The number of unbranched alkanes of at least 4 members (excludes halogenated alkanes) is 1. The molecule has 0 radical (unpaired) electrons. The summed E-state index contributed by atoms with van der Waals surface area (Å²) in [7, 11) is 0. The molecule has 0 aliphatic carbocycles. The molecule has 1 aromatic carbocycles. The van der Waals surface area contributed by atoms with E-state index in [2.05, 4.69) is 15.6 Å². The minimum absolute atomic E-state index is 0.187. The summed E-state index contributed by atoms with van der Waals surface area (Å²) in [5.74, 6) is -1.72. The number of nitrogens with zero attached hydrogens (tertiary/aromatic N) is 2. The fraction of sp³-hybridized carbons (Fsp3) is 0.368. The van der Waals surface area contributed by atoms with Gasteiger partial charge in [-0.15, -0.1) is 0 Å². The number of hydrogen-bond donors (Lipinski definition) is 3. The summed E-state index contributed by atoms with van der Waals surface area (Å²) in [5, 5.41) is 14.5. The Morgan fingerprint density at radius 1 is 1.30 bits per heavy atom. The molecule has 144 valence electrons. The second-order valence-electron chi connectivity index (χ2n) is 6.19. The number of aryl methyl sites for hydroxylation is 1. The molecule has 0 aliphatic heterocycles. The van der Waals surface area contributed by atoms with Gasteiger partial charge in [-0.2, -0.15) is 0 Å². The second kappa shape index (κ2) is 10.1. The van der Waals surface area contributed by atoms with Crippen molar-refractivity contribution in [1.82, 2.24) is 14.9 Å². The van der Waals surface area contributed by atoms with Crippen molar-refractivity contribution in [2.75, 3.05) is 5.32 Å². The van der Waals surface area contributed by atoms with E-state index in [9.17, 15) is 19.5 Å². The van der Waals surface area contributed by atoms with Crippen molar-refractivity contribution in [2.24, 2.45) is 0 Å². The molecule has 1 atom stereocenters. The van der Waals surface area contributed by atoms with E-state index < -0.39 is 17.9 Å². The van der Waals surface area contributed by atoms with Crippen LogP contribution in [0.3, 0.4) is 0 Å². The van der Waals surface area contributed by atoms with Gasteiger partial charge in [0.1, 0.15) is 6.04 Å². The second-order valence-corrected chi connectivity index (χ2v) is 6.19. The summed E-state index contributed by atoms with van der Waals surface area (Å²) < 4.78 is 1.80. The Hall–Kier alpha value is -3.16. The highest BCUT2D eigenvalue weighted by molar-refractivity contribution is 5.98. The zero-order valence-corrected chi connectivity index (χ0v) is 15.2. The van der Waals surface area contributed by atoms with E-state index in [0.29, 0.717) is 30.6 Å². The van der Waals surface area contributed by atoms with E-state index >= 15 is 0 Å². The molecule has 0 saturated carbocycles. The maximum Gasteiger partial charge on any atom is 0.326 e. The standard InChI is InChI=1S/C19H24N4O4/c1-2-3-7-16(19(26)27)22-18(25)14-5-4-6-15(12-14)21-17(24)8-10-23-11-9-20-13-23/h4-6,9,11-13,16H,2-3,7-8,10H2,1H3,(H,21,24)(H,22,25)(H,26,27). The van der Waals surface area contributed by atoms with E-state index in [0.717, 1.165) is 6.42 Å². The quantitative estimate of drug-likeness (QED) is 0.592. The Labute approximate surface area is 157 Å². The minimum Gasteiger partial charge on any atom is -0.480 e. The van der Waals surface area contributed by atoms with Crippen molar-refractivity contribution in [1.29, 1.82) is 0 Å². The Morgan fingerprint density at radius 3 is 2.78 bits per heavy atom. The monoisotopic (exact) mass is 372 g/mol. The number of carboxylic acid groups (broad SMARTS) is 1. The topological polar surface area (TPSA) is 113 Å². The van der Waals surface area contributed by atoms with Gasteiger partial charge in [-0.3, -0.25) is 9.59 Å². The van der Waals surface area contributed by atoms with Crippen LogP contribution in [-0.4, -0.2) is 38.5 Å². The number of carbonyl (C=O) groups excluding carboxylic acids is 2. The Bertz CT molecular complexity index is 774. The van der Waals surface area contributed by atoms with Gasteiger partial charge in [0.25, 0.3) is 5.91 Å². The lowest BCUT2D eigenvalue weighted by Gasteiger charge is -2.14. The Balaban J connectivity index is 1.93. The normalized spacial score (nSPS) is 11.6. The van der Waals surface area contributed by atoms with E-state index in [1.807, 2.05) is 6.92 Å².